The first-order chi connectivity index (χ1) is 12.8. The zero-order valence-corrected chi connectivity index (χ0v) is 15.2. The molecule has 2 N–H and O–H groups in total. The van der Waals surface area contributed by atoms with Crippen LogP contribution < -0.4 is 10.3 Å². The van der Waals surface area contributed by atoms with Crippen LogP contribution in [0.5, 0.6) is 5.88 Å². The van der Waals surface area contributed by atoms with Crippen LogP contribution in [-0.2, 0) is 16.6 Å². The second kappa shape index (κ2) is 6.91. The molecule has 1 aromatic carbocycles. The Bertz CT molecular complexity index is 1000. The van der Waals surface area contributed by atoms with Crippen LogP contribution in [0.15, 0.2) is 53.2 Å². The van der Waals surface area contributed by atoms with Gasteiger partial charge in [0.15, 0.2) is 5.84 Å². The van der Waals surface area contributed by atoms with Gasteiger partial charge in [-0.3, -0.25) is 9.59 Å². The van der Waals surface area contributed by atoms with Gasteiger partial charge in [-0.25, -0.2) is 4.68 Å². The largest absolute Gasteiger partial charge is 0.493 e. The maximum Gasteiger partial charge on any atom is 0.282 e. The summed E-state index contributed by atoms with van der Waals surface area (Å²) in [6, 6.07) is 8.85. The van der Waals surface area contributed by atoms with Crippen molar-refractivity contribution in [1.82, 2.24) is 15.1 Å². The van der Waals surface area contributed by atoms with Crippen molar-refractivity contribution in [2.45, 2.75) is 13.8 Å². The number of benzene rings is 1. The molecule has 1 aromatic heterocycles. The Morgan fingerprint density at radius 1 is 1.30 bits per heavy atom. The smallest absolute Gasteiger partial charge is 0.282 e. The first-order valence-electron chi connectivity index (χ1n) is 8.19. The molecule has 2 amide bonds. The summed E-state index contributed by atoms with van der Waals surface area (Å²) in [5.74, 6) is -0.883. The highest BCUT2D eigenvalue weighted by molar-refractivity contribution is 6.34. The van der Waals surface area contributed by atoms with Crippen molar-refractivity contribution in [3.05, 3.63) is 59.3 Å². The lowest BCUT2D eigenvalue weighted by molar-refractivity contribution is -0.116. The minimum Gasteiger partial charge on any atom is -0.493 e. The average molecular weight is 365 g/mol. The van der Waals surface area contributed by atoms with Crippen molar-refractivity contribution in [1.29, 1.82) is 0 Å². The number of carbonyl (C=O) groups is 2. The van der Waals surface area contributed by atoms with Gasteiger partial charge < -0.3 is 10.4 Å². The number of nitrogens with one attached hydrogen (secondary N) is 1. The molecule has 0 spiro atoms. The maximum atomic E-state index is 13.0. The second-order valence-electron chi connectivity index (χ2n) is 6.14. The lowest BCUT2D eigenvalue weighted by atomic mass is 10.1. The van der Waals surface area contributed by atoms with E-state index in [4.69, 9.17) is 0 Å². The SMILES string of the molecule is C=C(C)C(=O)NC1=NN(c2ccccc2)C(=O)C1=Cc1c(C)nn(C)c1O. The van der Waals surface area contributed by atoms with E-state index < -0.39 is 11.8 Å². The molecule has 0 atom stereocenters. The van der Waals surface area contributed by atoms with Crippen LogP contribution in [0.2, 0.25) is 0 Å². The summed E-state index contributed by atoms with van der Waals surface area (Å²) in [5, 5.41) is 22.4. The highest BCUT2D eigenvalue weighted by Crippen LogP contribution is 2.28. The average Bonchev–Trinajstić information content (AvgIpc) is 3.07. The molecular formula is C19H19N5O3. The predicted octanol–water partition coefficient (Wildman–Crippen LogP) is 1.87. The molecule has 2 heterocycles. The monoisotopic (exact) mass is 365 g/mol. The number of amidine groups is 1. The first kappa shape index (κ1) is 18.1. The fourth-order valence-corrected chi connectivity index (χ4v) is 2.57. The lowest BCUT2D eigenvalue weighted by Crippen LogP contribution is -2.31. The van der Waals surface area contributed by atoms with E-state index in [9.17, 15) is 14.7 Å². The molecule has 8 nitrogen and oxygen atoms in total. The third-order valence-corrected chi connectivity index (χ3v) is 4.02. The summed E-state index contributed by atoms with van der Waals surface area (Å²) in [7, 11) is 1.59. The van der Waals surface area contributed by atoms with E-state index in [2.05, 4.69) is 22.1 Å². The van der Waals surface area contributed by atoms with Crippen LogP contribution in [0.1, 0.15) is 18.2 Å². The molecule has 0 fully saturated rings. The van der Waals surface area contributed by atoms with E-state index in [1.54, 1.807) is 45.2 Å². The van der Waals surface area contributed by atoms with Crippen LogP contribution in [0.4, 0.5) is 5.69 Å². The van der Waals surface area contributed by atoms with Crippen LogP contribution in [-0.4, -0.2) is 32.5 Å². The van der Waals surface area contributed by atoms with Crippen molar-refractivity contribution < 1.29 is 14.7 Å². The van der Waals surface area contributed by atoms with Crippen molar-refractivity contribution in [2.75, 3.05) is 5.01 Å². The van der Waals surface area contributed by atoms with Crippen molar-refractivity contribution in [3.8, 4) is 5.88 Å². The number of rotatable bonds is 3. The number of carbonyl (C=O) groups excluding carboxylic acids is 2. The van der Waals surface area contributed by atoms with Gasteiger partial charge in [0.25, 0.3) is 11.8 Å². The van der Waals surface area contributed by atoms with Gasteiger partial charge >= 0.3 is 0 Å². The standard InChI is InChI=1S/C19H19N5O3/c1-11(2)17(25)20-16-15(10-14-12(3)21-23(4)18(14)26)19(27)24(22-16)13-8-6-5-7-9-13/h5-10,26H,1H2,2-4H3,(H,20,22,25). The molecule has 8 heteroatoms. The topological polar surface area (TPSA) is 99.8 Å². The zero-order valence-electron chi connectivity index (χ0n) is 15.2. The van der Waals surface area contributed by atoms with Crippen molar-refractivity contribution in [2.24, 2.45) is 12.1 Å². The molecule has 0 saturated heterocycles. The Morgan fingerprint density at radius 2 is 1.96 bits per heavy atom. The van der Waals surface area contributed by atoms with Gasteiger partial charge in [-0.05, 0) is 32.1 Å². The number of aryl methyl sites for hydroxylation is 2. The fourth-order valence-electron chi connectivity index (χ4n) is 2.57. The van der Waals surface area contributed by atoms with E-state index in [0.717, 1.165) is 0 Å². The Morgan fingerprint density at radius 3 is 2.52 bits per heavy atom. The summed E-state index contributed by atoms with van der Waals surface area (Å²) in [5.41, 5.74) is 1.90. The molecule has 0 bridgehead atoms. The number of anilines is 1. The highest BCUT2D eigenvalue weighted by Gasteiger charge is 2.33. The molecule has 3 rings (SSSR count). The summed E-state index contributed by atoms with van der Waals surface area (Å²) in [6.45, 7) is 6.87. The Labute approximate surface area is 156 Å². The quantitative estimate of drug-likeness (QED) is 0.811. The maximum absolute atomic E-state index is 13.0. The number of amides is 2. The summed E-state index contributed by atoms with van der Waals surface area (Å²) in [6.07, 6.45) is 1.47. The van der Waals surface area contributed by atoms with E-state index in [-0.39, 0.29) is 22.9 Å². The second-order valence-corrected chi connectivity index (χ2v) is 6.14. The fraction of sp³-hybridized carbons (Fsp3) is 0.158. The molecule has 0 aliphatic carbocycles. The number of para-hydroxylation sites is 1. The van der Waals surface area contributed by atoms with E-state index >= 15 is 0 Å². The van der Waals surface area contributed by atoms with Crippen LogP contribution in [0.25, 0.3) is 6.08 Å². The number of aromatic nitrogens is 2. The van der Waals surface area contributed by atoms with Gasteiger partial charge in [-0.15, -0.1) is 5.10 Å². The van der Waals surface area contributed by atoms with Crippen molar-refractivity contribution in [3.63, 3.8) is 0 Å². The molecule has 27 heavy (non-hydrogen) atoms. The molecule has 2 aromatic rings. The van der Waals surface area contributed by atoms with Gasteiger partial charge in [-0.2, -0.15) is 10.1 Å². The predicted molar refractivity (Wildman–Crippen MR) is 102 cm³/mol. The number of aromatic hydroxyl groups is 1. The summed E-state index contributed by atoms with van der Waals surface area (Å²) < 4.78 is 1.30. The Balaban J connectivity index is 2.08. The van der Waals surface area contributed by atoms with Crippen molar-refractivity contribution >= 4 is 29.4 Å². The molecule has 138 valence electrons. The highest BCUT2D eigenvalue weighted by atomic mass is 16.3. The van der Waals surface area contributed by atoms with Crippen LogP contribution >= 0.6 is 0 Å². The summed E-state index contributed by atoms with van der Waals surface area (Å²) in [4.78, 5) is 25.0. The molecule has 1 aliphatic heterocycles. The van der Waals surface area contributed by atoms with Crippen LogP contribution in [0.3, 0.4) is 0 Å². The number of hydrazone groups is 1. The molecule has 0 radical (unpaired) electrons. The minimum absolute atomic E-state index is 0.0829. The molecule has 0 saturated carbocycles. The summed E-state index contributed by atoms with van der Waals surface area (Å²) >= 11 is 0. The zero-order chi connectivity index (χ0) is 19.7. The van der Waals surface area contributed by atoms with Gasteiger partial charge in [0.2, 0.25) is 5.88 Å². The minimum atomic E-state index is -0.450. The van der Waals surface area contributed by atoms with E-state index in [1.807, 2.05) is 6.07 Å². The lowest BCUT2D eigenvalue weighted by Gasteiger charge is -2.10. The van der Waals surface area contributed by atoms with Gasteiger partial charge in [0, 0.05) is 12.6 Å². The van der Waals surface area contributed by atoms with E-state index in [1.165, 1.54) is 15.8 Å². The first-order valence-corrected chi connectivity index (χ1v) is 8.19. The molecular weight excluding hydrogens is 346 g/mol. The molecule has 0 unspecified atom stereocenters. The van der Waals surface area contributed by atoms with Gasteiger partial charge in [0.1, 0.15) is 0 Å². The number of hydrogen-bond acceptors (Lipinski definition) is 5. The Kier molecular flexibility index (Phi) is 4.64. The number of nitrogens with zero attached hydrogens (tertiary/aromatic N) is 4. The Hall–Kier alpha value is -3.68. The normalized spacial score (nSPS) is 15.2. The third kappa shape index (κ3) is 3.37. The number of hydrogen-bond donors (Lipinski definition) is 2. The molecule has 1 aliphatic rings. The van der Waals surface area contributed by atoms with Crippen LogP contribution in [0, 0.1) is 6.92 Å². The van der Waals surface area contributed by atoms with E-state index in [0.29, 0.717) is 16.9 Å². The third-order valence-electron chi connectivity index (χ3n) is 4.02. The van der Waals surface area contributed by atoms with Gasteiger partial charge in [0.05, 0.1) is 22.5 Å². The van der Waals surface area contributed by atoms with Gasteiger partial charge in [-0.1, -0.05) is 24.8 Å².